The fourth-order valence-corrected chi connectivity index (χ4v) is 2.81. The Balaban J connectivity index is 1.41. The van der Waals surface area contributed by atoms with Crippen LogP contribution in [0.3, 0.4) is 0 Å². The van der Waals surface area contributed by atoms with Crippen molar-refractivity contribution in [3.63, 3.8) is 0 Å². The summed E-state index contributed by atoms with van der Waals surface area (Å²) in [6, 6.07) is 9.17. The van der Waals surface area contributed by atoms with Crippen LogP contribution in [0.5, 0.6) is 5.88 Å². The molecule has 2 heterocycles. The number of carbonyl (C=O) groups is 1. The average molecular weight is 325 g/mol. The molecule has 1 saturated carbocycles. The van der Waals surface area contributed by atoms with Gasteiger partial charge in [0, 0.05) is 30.2 Å². The lowest BCUT2D eigenvalue weighted by Crippen LogP contribution is -2.26. The molecule has 0 bridgehead atoms. The molecule has 1 aliphatic heterocycles. The first-order valence-corrected chi connectivity index (χ1v) is 7.71. The maximum atomic E-state index is 12.1. The lowest BCUT2D eigenvalue weighted by atomic mass is 10.1. The largest absolute Gasteiger partial charge is 0.471 e. The Bertz CT molecular complexity index is 775. The Morgan fingerprint density at radius 1 is 1.33 bits per heavy atom. The molecule has 2 aliphatic rings. The van der Waals surface area contributed by atoms with Crippen LogP contribution in [0.1, 0.15) is 18.4 Å². The first-order valence-electron chi connectivity index (χ1n) is 7.71. The Kier molecular flexibility index (Phi) is 3.38. The van der Waals surface area contributed by atoms with Gasteiger partial charge in [-0.1, -0.05) is 0 Å². The van der Waals surface area contributed by atoms with Gasteiger partial charge in [0.25, 0.3) is 11.4 Å². The van der Waals surface area contributed by atoms with E-state index in [1.807, 2.05) is 24.3 Å². The average Bonchev–Trinajstić information content (AvgIpc) is 3.06. The van der Waals surface area contributed by atoms with E-state index in [0.29, 0.717) is 12.4 Å². The first-order chi connectivity index (χ1) is 11.7. The summed E-state index contributed by atoms with van der Waals surface area (Å²) in [5.41, 5.74) is 1.44. The standard InChI is InChI=1S/C17H15N3O4/c1-18-17(7-8-17)12-2-4-13(5-3-12)20-10-14(24-16(20)21)11-22-15-6-9-23-19-15/h2-6,9,14H,7-8,10-11H2/t14-/m1/s1. The van der Waals surface area contributed by atoms with Crippen molar-refractivity contribution in [2.24, 2.45) is 0 Å². The Hall–Kier alpha value is -3.01. The van der Waals surface area contributed by atoms with E-state index in [4.69, 9.17) is 16.0 Å². The van der Waals surface area contributed by atoms with Crippen LogP contribution in [0.15, 0.2) is 41.1 Å². The van der Waals surface area contributed by atoms with Gasteiger partial charge in [0.2, 0.25) is 0 Å². The summed E-state index contributed by atoms with van der Waals surface area (Å²) >= 11 is 0. The number of cyclic esters (lactones) is 1. The molecule has 0 radical (unpaired) electrons. The normalized spacial score (nSPS) is 21.2. The third-order valence-electron chi connectivity index (χ3n) is 4.36. The quantitative estimate of drug-likeness (QED) is 0.791. The molecule has 0 unspecified atom stereocenters. The summed E-state index contributed by atoms with van der Waals surface area (Å²) in [5, 5.41) is 3.64. The van der Waals surface area contributed by atoms with Crippen LogP contribution in [0.4, 0.5) is 10.5 Å². The number of aromatic nitrogens is 1. The topological polar surface area (TPSA) is 69.2 Å². The second kappa shape index (κ2) is 5.57. The third kappa shape index (κ3) is 2.56. The minimum Gasteiger partial charge on any atom is -0.471 e. The van der Waals surface area contributed by atoms with Gasteiger partial charge in [-0.05, 0) is 29.4 Å². The van der Waals surface area contributed by atoms with Crippen LogP contribution in [0, 0.1) is 6.57 Å². The van der Waals surface area contributed by atoms with Crippen molar-refractivity contribution in [2.45, 2.75) is 24.5 Å². The van der Waals surface area contributed by atoms with Crippen LogP contribution in [-0.2, 0) is 10.3 Å². The molecule has 0 spiro atoms. The Morgan fingerprint density at radius 2 is 2.12 bits per heavy atom. The fourth-order valence-electron chi connectivity index (χ4n) is 2.81. The molecular formula is C17H15N3O4. The van der Waals surface area contributed by atoms with Crippen molar-refractivity contribution in [2.75, 3.05) is 18.1 Å². The maximum absolute atomic E-state index is 12.1. The number of hydrogen-bond donors (Lipinski definition) is 0. The van der Waals surface area contributed by atoms with Crippen LogP contribution in [-0.4, -0.2) is 30.5 Å². The molecule has 4 rings (SSSR count). The van der Waals surface area contributed by atoms with Crippen LogP contribution in [0.25, 0.3) is 4.85 Å². The van der Waals surface area contributed by atoms with E-state index in [2.05, 4.69) is 14.5 Å². The molecule has 2 fully saturated rings. The zero-order valence-electron chi connectivity index (χ0n) is 12.8. The number of ether oxygens (including phenoxy) is 2. The van der Waals surface area contributed by atoms with Crippen molar-refractivity contribution >= 4 is 11.8 Å². The molecule has 0 N–H and O–H groups in total. The minimum absolute atomic E-state index is 0.216. The van der Waals surface area contributed by atoms with E-state index in [-0.39, 0.29) is 18.2 Å². The van der Waals surface area contributed by atoms with Crippen molar-refractivity contribution in [1.29, 1.82) is 0 Å². The van der Waals surface area contributed by atoms with Gasteiger partial charge in [0.1, 0.15) is 12.9 Å². The molecule has 1 aliphatic carbocycles. The van der Waals surface area contributed by atoms with Crippen LogP contribution in [0.2, 0.25) is 0 Å². The highest BCUT2D eigenvalue weighted by atomic mass is 16.6. The fraction of sp³-hybridized carbons (Fsp3) is 0.353. The molecule has 1 amide bonds. The minimum atomic E-state index is -0.400. The number of anilines is 1. The van der Waals surface area contributed by atoms with Gasteiger partial charge < -0.3 is 18.8 Å². The Morgan fingerprint density at radius 3 is 2.75 bits per heavy atom. The molecule has 122 valence electrons. The van der Waals surface area contributed by atoms with Crippen molar-refractivity contribution in [1.82, 2.24) is 5.16 Å². The van der Waals surface area contributed by atoms with Gasteiger partial charge in [0.05, 0.1) is 6.54 Å². The van der Waals surface area contributed by atoms with E-state index in [9.17, 15) is 4.79 Å². The second-order valence-electron chi connectivity index (χ2n) is 5.96. The van der Waals surface area contributed by atoms with Gasteiger partial charge in [-0.3, -0.25) is 4.90 Å². The molecule has 2 aromatic rings. The molecule has 1 saturated heterocycles. The monoisotopic (exact) mass is 325 g/mol. The maximum Gasteiger partial charge on any atom is 0.414 e. The summed E-state index contributed by atoms with van der Waals surface area (Å²) in [4.78, 5) is 17.3. The number of hydrogen-bond acceptors (Lipinski definition) is 5. The van der Waals surface area contributed by atoms with Crippen LogP contribution >= 0.6 is 0 Å². The van der Waals surface area contributed by atoms with E-state index in [1.165, 1.54) is 6.26 Å². The summed E-state index contributed by atoms with van der Waals surface area (Å²) < 4.78 is 15.4. The number of benzene rings is 1. The lowest BCUT2D eigenvalue weighted by molar-refractivity contribution is 0.102. The van der Waals surface area contributed by atoms with Gasteiger partial charge in [-0.25, -0.2) is 11.4 Å². The van der Waals surface area contributed by atoms with E-state index in [0.717, 1.165) is 24.1 Å². The highest BCUT2D eigenvalue weighted by Gasteiger charge is 2.52. The molecule has 1 aromatic heterocycles. The summed E-state index contributed by atoms with van der Waals surface area (Å²) in [5.74, 6) is 0.364. The first kappa shape index (κ1) is 14.6. The number of rotatable bonds is 5. The van der Waals surface area contributed by atoms with Gasteiger partial charge >= 0.3 is 6.09 Å². The zero-order chi connectivity index (χ0) is 16.6. The Labute approximate surface area is 138 Å². The predicted molar refractivity (Wildman–Crippen MR) is 83.6 cm³/mol. The van der Waals surface area contributed by atoms with Crippen LogP contribution < -0.4 is 9.64 Å². The van der Waals surface area contributed by atoms with E-state index >= 15 is 0 Å². The van der Waals surface area contributed by atoms with E-state index < -0.39 is 6.09 Å². The molecule has 24 heavy (non-hydrogen) atoms. The van der Waals surface area contributed by atoms with Crippen molar-refractivity contribution in [3.05, 3.63) is 53.6 Å². The molecular weight excluding hydrogens is 310 g/mol. The van der Waals surface area contributed by atoms with Crippen molar-refractivity contribution in [3.8, 4) is 5.88 Å². The van der Waals surface area contributed by atoms with Gasteiger partial charge in [0.15, 0.2) is 6.10 Å². The summed E-state index contributed by atoms with van der Waals surface area (Å²) in [7, 11) is 0. The summed E-state index contributed by atoms with van der Waals surface area (Å²) in [6.07, 6.45) is 2.46. The molecule has 7 nitrogen and oxygen atoms in total. The lowest BCUT2D eigenvalue weighted by Gasteiger charge is -2.13. The van der Waals surface area contributed by atoms with Crippen molar-refractivity contribution < 1.29 is 18.8 Å². The number of nitrogens with zero attached hydrogens (tertiary/aromatic N) is 3. The SMILES string of the molecule is [C-]#[N+]C1(c2ccc(N3C[C@H](COc4ccon4)OC3=O)cc2)CC1. The predicted octanol–water partition coefficient (Wildman–Crippen LogP) is 2.99. The zero-order valence-corrected chi connectivity index (χ0v) is 12.8. The second-order valence-corrected chi connectivity index (χ2v) is 5.96. The highest BCUT2D eigenvalue weighted by Crippen LogP contribution is 2.49. The smallest absolute Gasteiger partial charge is 0.414 e. The molecule has 7 heteroatoms. The van der Waals surface area contributed by atoms with E-state index in [1.54, 1.807) is 11.0 Å². The highest BCUT2D eigenvalue weighted by molar-refractivity contribution is 5.89. The third-order valence-corrected chi connectivity index (χ3v) is 4.36. The number of carbonyl (C=O) groups excluding carboxylic acids is 1. The van der Waals surface area contributed by atoms with Gasteiger partial charge in [-0.15, -0.1) is 0 Å². The van der Waals surface area contributed by atoms with Gasteiger partial charge in [-0.2, -0.15) is 0 Å². The molecule has 1 aromatic carbocycles. The number of amides is 1. The molecule has 1 atom stereocenters. The summed E-state index contributed by atoms with van der Waals surface area (Å²) in [6.45, 7) is 7.93.